The molecular weight excluding hydrogens is 386 g/mol. The molecule has 152 valence electrons. The normalized spacial score (nSPS) is 13.7. The number of hydrogen-bond donors (Lipinski definition) is 1. The Labute approximate surface area is 172 Å². The van der Waals surface area contributed by atoms with E-state index in [1.165, 1.54) is 19.4 Å². The average Bonchev–Trinajstić information content (AvgIpc) is 3.35. The van der Waals surface area contributed by atoms with Gasteiger partial charge in [0.2, 0.25) is 5.78 Å². The topological polar surface area (TPSA) is 87.0 Å². The number of aryl methyl sites for hydroxylation is 1. The number of amides is 1. The second-order valence-corrected chi connectivity index (χ2v) is 6.65. The summed E-state index contributed by atoms with van der Waals surface area (Å²) in [7, 11) is 1.54. The maximum Gasteiger partial charge on any atom is 0.262 e. The summed E-state index contributed by atoms with van der Waals surface area (Å²) in [6.07, 6.45) is 3.05. The Morgan fingerprint density at radius 1 is 1.17 bits per heavy atom. The van der Waals surface area contributed by atoms with Gasteiger partial charge in [0.15, 0.2) is 12.4 Å². The number of rotatable bonds is 6. The van der Waals surface area contributed by atoms with E-state index in [0.29, 0.717) is 34.3 Å². The van der Waals surface area contributed by atoms with Crippen molar-refractivity contribution in [3.05, 3.63) is 77.4 Å². The van der Waals surface area contributed by atoms with E-state index in [-0.39, 0.29) is 24.1 Å². The highest BCUT2D eigenvalue weighted by atomic mass is 16.5. The predicted molar refractivity (Wildman–Crippen MR) is 110 cm³/mol. The molecule has 4 rings (SSSR count). The molecule has 0 saturated carbocycles. The number of ketones is 1. The number of nitrogens with one attached hydrogen (secondary N) is 1. The quantitative estimate of drug-likeness (QED) is 0.618. The number of carbonyl (C=O) groups excluding carboxylic acids is 2. The maximum absolute atomic E-state index is 12.4. The molecule has 1 aliphatic rings. The Hall–Kier alpha value is -4.00. The molecule has 7 heteroatoms. The minimum Gasteiger partial charge on any atom is -0.495 e. The van der Waals surface area contributed by atoms with Crippen molar-refractivity contribution in [1.82, 2.24) is 0 Å². The summed E-state index contributed by atoms with van der Waals surface area (Å²) in [4.78, 5) is 24.7. The third kappa shape index (κ3) is 4.05. The molecule has 0 fully saturated rings. The van der Waals surface area contributed by atoms with Crippen LogP contribution in [-0.4, -0.2) is 25.4 Å². The fraction of sp³-hybridized carbons (Fsp3) is 0.130. The number of fused-ring (bicyclic) bond motifs is 1. The van der Waals surface area contributed by atoms with Crippen LogP contribution >= 0.6 is 0 Å². The number of methoxy groups -OCH3 is 1. The van der Waals surface area contributed by atoms with Crippen LogP contribution in [0.3, 0.4) is 0 Å². The highest BCUT2D eigenvalue weighted by Crippen LogP contribution is 2.35. The van der Waals surface area contributed by atoms with E-state index in [2.05, 4.69) is 5.32 Å². The molecule has 1 N–H and O–H groups in total. The first-order valence-corrected chi connectivity index (χ1v) is 9.22. The lowest BCUT2D eigenvalue weighted by Gasteiger charge is -2.12. The average molecular weight is 405 g/mol. The number of hydrogen-bond acceptors (Lipinski definition) is 6. The van der Waals surface area contributed by atoms with Crippen LogP contribution in [-0.2, 0) is 4.79 Å². The third-order valence-electron chi connectivity index (χ3n) is 4.46. The maximum atomic E-state index is 12.4. The molecule has 1 aliphatic heterocycles. The summed E-state index contributed by atoms with van der Waals surface area (Å²) in [6.45, 7) is 1.71. The first kappa shape index (κ1) is 19.3. The zero-order valence-corrected chi connectivity index (χ0v) is 16.4. The molecule has 0 atom stereocenters. The Morgan fingerprint density at radius 2 is 2.03 bits per heavy atom. The van der Waals surface area contributed by atoms with Gasteiger partial charge in [-0.25, -0.2) is 0 Å². The molecule has 0 spiro atoms. The van der Waals surface area contributed by atoms with Crippen LogP contribution in [0.15, 0.2) is 65.0 Å². The Morgan fingerprint density at radius 3 is 2.80 bits per heavy atom. The highest BCUT2D eigenvalue weighted by molar-refractivity contribution is 6.14. The molecule has 7 nitrogen and oxygen atoms in total. The number of benzene rings is 2. The smallest absolute Gasteiger partial charge is 0.262 e. The van der Waals surface area contributed by atoms with Crippen LogP contribution in [0.5, 0.6) is 17.2 Å². The number of furan rings is 1. The summed E-state index contributed by atoms with van der Waals surface area (Å²) >= 11 is 0. The fourth-order valence-electron chi connectivity index (χ4n) is 3.01. The van der Waals surface area contributed by atoms with Gasteiger partial charge in [-0.05, 0) is 48.9 Å². The van der Waals surface area contributed by atoms with Crippen LogP contribution in [0.25, 0.3) is 6.08 Å². The van der Waals surface area contributed by atoms with E-state index >= 15 is 0 Å². The monoisotopic (exact) mass is 405 g/mol. The number of carbonyl (C=O) groups is 2. The summed E-state index contributed by atoms with van der Waals surface area (Å²) in [6, 6.07) is 13.8. The molecule has 3 aromatic rings. The van der Waals surface area contributed by atoms with Gasteiger partial charge < -0.3 is 23.9 Å². The first-order valence-electron chi connectivity index (χ1n) is 9.22. The first-order chi connectivity index (χ1) is 14.5. The minimum atomic E-state index is -0.338. The largest absolute Gasteiger partial charge is 0.495 e. The van der Waals surface area contributed by atoms with Gasteiger partial charge in [-0.1, -0.05) is 6.07 Å². The number of Topliss-reactive ketones (excluding diaryl/α,β-unsaturated/α-hetero) is 1. The summed E-state index contributed by atoms with van der Waals surface area (Å²) in [5, 5.41) is 2.77. The molecule has 0 radical (unpaired) electrons. The lowest BCUT2D eigenvalue weighted by atomic mass is 10.1. The summed E-state index contributed by atoms with van der Waals surface area (Å²) in [5.74, 6) is 1.46. The molecule has 2 heterocycles. The van der Waals surface area contributed by atoms with Crippen molar-refractivity contribution in [1.29, 1.82) is 0 Å². The van der Waals surface area contributed by atoms with Gasteiger partial charge in [-0.15, -0.1) is 0 Å². The van der Waals surface area contributed by atoms with Gasteiger partial charge in [0.1, 0.15) is 23.0 Å². The molecule has 1 amide bonds. The standard InChI is InChI=1S/C23H19NO6/c1-14-5-8-19(27-2)18(10-14)24-22(25)13-29-16-6-7-17-20(11-16)30-21(23(17)26)12-15-4-3-9-28-15/h3-12H,13H2,1-2H3,(H,24,25). The van der Waals surface area contributed by atoms with Crippen molar-refractivity contribution in [2.75, 3.05) is 19.0 Å². The zero-order valence-electron chi connectivity index (χ0n) is 16.4. The molecule has 0 aliphatic carbocycles. The zero-order chi connectivity index (χ0) is 21.1. The molecule has 1 aromatic heterocycles. The summed E-state index contributed by atoms with van der Waals surface area (Å²) in [5.41, 5.74) is 1.99. The molecule has 2 aromatic carbocycles. The Balaban J connectivity index is 1.41. The lowest BCUT2D eigenvalue weighted by molar-refractivity contribution is -0.118. The van der Waals surface area contributed by atoms with Crippen LogP contribution in [0.4, 0.5) is 5.69 Å². The van der Waals surface area contributed by atoms with Crippen molar-refractivity contribution >= 4 is 23.5 Å². The van der Waals surface area contributed by atoms with E-state index in [1.807, 2.05) is 19.1 Å². The minimum absolute atomic E-state index is 0.168. The van der Waals surface area contributed by atoms with E-state index < -0.39 is 0 Å². The van der Waals surface area contributed by atoms with Crippen LogP contribution in [0.2, 0.25) is 0 Å². The van der Waals surface area contributed by atoms with Gasteiger partial charge in [0, 0.05) is 12.1 Å². The number of allylic oxidation sites excluding steroid dienone is 1. The molecule has 0 bridgehead atoms. The predicted octanol–water partition coefficient (Wildman–Crippen LogP) is 4.23. The van der Waals surface area contributed by atoms with Gasteiger partial charge in [0.25, 0.3) is 5.91 Å². The molecule has 30 heavy (non-hydrogen) atoms. The van der Waals surface area contributed by atoms with Crippen molar-refractivity contribution in [3.63, 3.8) is 0 Å². The second kappa shape index (κ2) is 8.16. The highest BCUT2D eigenvalue weighted by Gasteiger charge is 2.28. The molecule has 0 saturated heterocycles. The van der Waals surface area contributed by atoms with Crippen molar-refractivity contribution in [2.45, 2.75) is 6.92 Å². The number of anilines is 1. The van der Waals surface area contributed by atoms with Crippen LogP contribution in [0, 0.1) is 6.92 Å². The second-order valence-electron chi connectivity index (χ2n) is 6.65. The van der Waals surface area contributed by atoms with Crippen LogP contribution in [0.1, 0.15) is 21.7 Å². The van der Waals surface area contributed by atoms with Gasteiger partial charge in [-0.3, -0.25) is 9.59 Å². The Kier molecular flexibility index (Phi) is 5.26. The SMILES string of the molecule is COc1ccc(C)cc1NC(=O)COc1ccc2c(c1)OC(=Cc1ccco1)C2=O. The van der Waals surface area contributed by atoms with E-state index in [0.717, 1.165) is 5.56 Å². The van der Waals surface area contributed by atoms with Crippen molar-refractivity contribution in [3.8, 4) is 17.2 Å². The van der Waals surface area contributed by atoms with E-state index in [4.69, 9.17) is 18.6 Å². The summed E-state index contributed by atoms with van der Waals surface area (Å²) < 4.78 is 21.7. The number of ether oxygens (including phenoxy) is 3. The van der Waals surface area contributed by atoms with Crippen LogP contribution < -0.4 is 19.5 Å². The molecular formula is C23H19NO6. The lowest BCUT2D eigenvalue weighted by Crippen LogP contribution is -2.20. The van der Waals surface area contributed by atoms with E-state index in [1.54, 1.807) is 36.4 Å². The van der Waals surface area contributed by atoms with Gasteiger partial charge in [-0.2, -0.15) is 0 Å². The van der Waals surface area contributed by atoms with Gasteiger partial charge >= 0.3 is 0 Å². The van der Waals surface area contributed by atoms with Crippen molar-refractivity contribution < 1.29 is 28.2 Å². The molecule has 0 unspecified atom stereocenters. The fourth-order valence-corrected chi connectivity index (χ4v) is 3.01. The van der Waals surface area contributed by atoms with Crippen molar-refractivity contribution in [2.24, 2.45) is 0 Å². The third-order valence-corrected chi connectivity index (χ3v) is 4.46. The van der Waals surface area contributed by atoms with Gasteiger partial charge in [0.05, 0.1) is 24.6 Å². The van der Waals surface area contributed by atoms with E-state index in [9.17, 15) is 9.59 Å². The Bertz CT molecular complexity index is 1130.